The summed E-state index contributed by atoms with van der Waals surface area (Å²) in [4.78, 5) is 3.98. The number of nitrogens with one attached hydrogen (secondary N) is 1. The van der Waals surface area contributed by atoms with Crippen LogP contribution in [0.5, 0.6) is 0 Å². The molecule has 0 amide bonds. The fourth-order valence-corrected chi connectivity index (χ4v) is 3.06. The van der Waals surface area contributed by atoms with E-state index in [9.17, 15) is 4.39 Å². The predicted molar refractivity (Wildman–Crippen MR) is 81.3 cm³/mol. The highest BCUT2D eigenvalue weighted by Gasteiger charge is 2.11. The van der Waals surface area contributed by atoms with Crippen molar-refractivity contribution >= 4 is 28.5 Å². The number of hydrogen-bond acceptors (Lipinski definition) is 3. The normalized spacial score (nSPS) is 12.0. The zero-order valence-corrected chi connectivity index (χ0v) is 11.7. The van der Waals surface area contributed by atoms with Crippen LogP contribution in [0, 0.1) is 5.82 Å². The molecule has 0 saturated carbocycles. The van der Waals surface area contributed by atoms with Crippen molar-refractivity contribution in [1.29, 1.82) is 0 Å². The number of halogens is 1. The summed E-state index contributed by atoms with van der Waals surface area (Å²) in [6.07, 6.45) is 0. The second-order valence-electron chi connectivity index (χ2n) is 4.45. The minimum atomic E-state index is -0.433. The molecule has 4 N–H and O–H groups in total. The van der Waals surface area contributed by atoms with Crippen LogP contribution in [-0.2, 0) is 0 Å². The molecule has 0 spiro atoms. The summed E-state index contributed by atoms with van der Waals surface area (Å²) in [6, 6.07) is 14.1. The van der Waals surface area contributed by atoms with Crippen LogP contribution in [0.4, 0.5) is 4.39 Å². The first kappa shape index (κ1) is 13.5. The summed E-state index contributed by atoms with van der Waals surface area (Å²) in [7, 11) is 0. The molecule has 6 heteroatoms. The van der Waals surface area contributed by atoms with Crippen LogP contribution in [-0.4, -0.2) is 16.0 Å². The van der Waals surface area contributed by atoms with Gasteiger partial charge in [-0.25, -0.2) is 4.39 Å². The molecule has 0 aliphatic carbocycles. The van der Waals surface area contributed by atoms with Crippen molar-refractivity contribution in [2.24, 2.45) is 10.9 Å². The zero-order chi connectivity index (χ0) is 14.8. The van der Waals surface area contributed by atoms with Crippen molar-refractivity contribution in [1.82, 2.24) is 4.98 Å². The number of benzene rings is 2. The van der Waals surface area contributed by atoms with E-state index < -0.39 is 5.82 Å². The fourth-order valence-electron chi connectivity index (χ4n) is 2.07. The first-order valence-corrected chi connectivity index (χ1v) is 7.02. The number of aromatic nitrogens is 1. The van der Waals surface area contributed by atoms with Crippen LogP contribution in [0.1, 0.15) is 5.56 Å². The molecule has 0 radical (unpaired) electrons. The van der Waals surface area contributed by atoms with E-state index in [2.05, 4.69) is 10.1 Å². The number of hydrogen-bond donors (Lipinski definition) is 3. The Hall–Kier alpha value is -2.47. The third-order valence-electron chi connectivity index (χ3n) is 3.05. The summed E-state index contributed by atoms with van der Waals surface area (Å²) in [5.74, 6) is -0.550. The maximum atomic E-state index is 13.3. The van der Waals surface area contributed by atoms with Gasteiger partial charge in [-0.2, -0.15) is 0 Å². The Labute approximate surface area is 124 Å². The van der Waals surface area contributed by atoms with Crippen molar-refractivity contribution in [3.8, 4) is 0 Å². The highest BCUT2D eigenvalue weighted by molar-refractivity contribution is 7.99. The molecule has 0 atom stereocenters. The minimum absolute atomic E-state index is 0.117. The van der Waals surface area contributed by atoms with E-state index in [1.165, 1.54) is 23.9 Å². The number of para-hydroxylation sites is 1. The Kier molecular flexibility index (Phi) is 3.53. The van der Waals surface area contributed by atoms with E-state index in [0.717, 1.165) is 15.9 Å². The van der Waals surface area contributed by atoms with Crippen molar-refractivity contribution in [2.75, 3.05) is 0 Å². The van der Waals surface area contributed by atoms with Gasteiger partial charge in [0.25, 0.3) is 0 Å². The number of nitrogens with two attached hydrogens (primary N) is 1. The topological polar surface area (TPSA) is 74.4 Å². The van der Waals surface area contributed by atoms with E-state index >= 15 is 0 Å². The number of rotatable bonds is 3. The Bertz CT molecular complexity index is 796. The SMILES string of the molecule is N/C(=N/O)c1cc(F)ccc1Sc1cc2ccccc2[nH]1. The molecule has 1 aromatic heterocycles. The Morgan fingerprint density at radius 2 is 2.00 bits per heavy atom. The van der Waals surface area contributed by atoms with E-state index in [1.807, 2.05) is 30.3 Å². The van der Waals surface area contributed by atoms with Crippen LogP contribution in [0.3, 0.4) is 0 Å². The molecule has 3 aromatic rings. The van der Waals surface area contributed by atoms with Gasteiger partial charge in [0, 0.05) is 21.4 Å². The van der Waals surface area contributed by atoms with E-state index in [-0.39, 0.29) is 5.84 Å². The lowest BCUT2D eigenvalue weighted by Gasteiger charge is -2.06. The average Bonchev–Trinajstić information content (AvgIpc) is 2.90. The maximum Gasteiger partial charge on any atom is 0.171 e. The second kappa shape index (κ2) is 5.49. The molecular formula is C15H12FN3OS. The summed E-state index contributed by atoms with van der Waals surface area (Å²) in [5, 5.41) is 13.7. The zero-order valence-electron chi connectivity index (χ0n) is 10.9. The molecule has 0 saturated heterocycles. The Morgan fingerprint density at radius 3 is 2.76 bits per heavy atom. The first-order valence-electron chi connectivity index (χ1n) is 6.20. The number of amidine groups is 1. The van der Waals surface area contributed by atoms with Crippen LogP contribution in [0.25, 0.3) is 10.9 Å². The van der Waals surface area contributed by atoms with Gasteiger partial charge in [-0.05, 0) is 30.3 Å². The molecule has 0 unspecified atom stereocenters. The van der Waals surface area contributed by atoms with Crippen LogP contribution < -0.4 is 5.73 Å². The smallest absolute Gasteiger partial charge is 0.171 e. The Balaban J connectivity index is 2.01. The number of oxime groups is 1. The molecular weight excluding hydrogens is 289 g/mol. The summed E-state index contributed by atoms with van der Waals surface area (Å²) < 4.78 is 13.3. The van der Waals surface area contributed by atoms with Crippen molar-refractivity contribution in [3.63, 3.8) is 0 Å². The van der Waals surface area contributed by atoms with Gasteiger partial charge < -0.3 is 15.9 Å². The molecule has 3 rings (SSSR count). The lowest BCUT2D eigenvalue weighted by atomic mass is 10.2. The van der Waals surface area contributed by atoms with E-state index in [0.29, 0.717) is 10.5 Å². The summed E-state index contributed by atoms with van der Waals surface area (Å²) in [6.45, 7) is 0. The van der Waals surface area contributed by atoms with Crippen LogP contribution >= 0.6 is 11.8 Å². The molecule has 0 bridgehead atoms. The van der Waals surface area contributed by atoms with Gasteiger partial charge in [-0.3, -0.25) is 0 Å². The van der Waals surface area contributed by atoms with E-state index in [4.69, 9.17) is 10.9 Å². The molecule has 0 aliphatic rings. The highest BCUT2D eigenvalue weighted by Crippen LogP contribution is 2.32. The van der Waals surface area contributed by atoms with Crippen molar-refractivity contribution in [2.45, 2.75) is 9.92 Å². The quantitative estimate of drug-likeness (QED) is 0.300. The molecule has 0 fully saturated rings. The maximum absolute atomic E-state index is 13.3. The molecule has 0 aliphatic heterocycles. The summed E-state index contributed by atoms with van der Waals surface area (Å²) in [5.41, 5.74) is 6.99. The van der Waals surface area contributed by atoms with Crippen molar-refractivity contribution in [3.05, 3.63) is 59.9 Å². The average molecular weight is 301 g/mol. The van der Waals surface area contributed by atoms with Gasteiger partial charge in [0.15, 0.2) is 5.84 Å². The minimum Gasteiger partial charge on any atom is -0.409 e. The monoisotopic (exact) mass is 301 g/mol. The van der Waals surface area contributed by atoms with Gasteiger partial charge in [0.1, 0.15) is 5.82 Å². The van der Waals surface area contributed by atoms with Gasteiger partial charge in [-0.15, -0.1) is 0 Å². The van der Waals surface area contributed by atoms with Gasteiger partial charge in [-0.1, -0.05) is 35.1 Å². The standard InChI is InChI=1S/C15H12FN3OS/c16-10-5-6-13(11(8-10)15(17)19-20)21-14-7-9-3-1-2-4-12(9)18-14/h1-8,18,20H,(H2,17,19). The lowest BCUT2D eigenvalue weighted by Crippen LogP contribution is -2.14. The molecule has 106 valence electrons. The predicted octanol–water partition coefficient (Wildman–Crippen LogP) is 3.55. The van der Waals surface area contributed by atoms with Crippen LogP contribution in [0.15, 0.2) is 63.6 Å². The number of fused-ring (bicyclic) bond motifs is 1. The van der Waals surface area contributed by atoms with Crippen molar-refractivity contribution < 1.29 is 9.60 Å². The molecule has 1 heterocycles. The first-order chi connectivity index (χ1) is 10.2. The van der Waals surface area contributed by atoms with Gasteiger partial charge in [0.2, 0.25) is 0 Å². The molecule has 4 nitrogen and oxygen atoms in total. The molecule has 2 aromatic carbocycles. The highest BCUT2D eigenvalue weighted by atomic mass is 32.2. The van der Waals surface area contributed by atoms with Gasteiger partial charge >= 0.3 is 0 Å². The van der Waals surface area contributed by atoms with Crippen LogP contribution in [0.2, 0.25) is 0 Å². The third kappa shape index (κ3) is 2.71. The lowest BCUT2D eigenvalue weighted by molar-refractivity contribution is 0.318. The fraction of sp³-hybridized carbons (Fsp3) is 0. The summed E-state index contributed by atoms with van der Waals surface area (Å²) >= 11 is 1.40. The largest absolute Gasteiger partial charge is 0.409 e. The van der Waals surface area contributed by atoms with Gasteiger partial charge in [0.05, 0.1) is 5.03 Å². The van der Waals surface area contributed by atoms with E-state index in [1.54, 1.807) is 6.07 Å². The number of H-pyrrole nitrogens is 1. The molecule has 21 heavy (non-hydrogen) atoms. The number of nitrogens with zero attached hydrogens (tertiary/aromatic N) is 1. The Morgan fingerprint density at radius 1 is 1.19 bits per heavy atom. The second-order valence-corrected chi connectivity index (χ2v) is 5.53. The number of aromatic amines is 1. The third-order valence-corrected chi connectivity index (χ3v) is 4.07.